The van der Waals surface area contributed by atoms with E-state index in [1.165, 1.54) is 12.1 Å². The summed E-state index contributed by atoms with van der Waals surface area (Å²) < 4.78 is 13.2. The van der Waals surface area contributed by atoms with Crippen LogP contribution < -0.4 is 5.56 Å². The first-order valence-corrected chi connectivity index (χ1v) is 8.57. The second-order valence-corrected chi connectivity index (χ2v) is 6.07. The molecule has 0 fully saturated rings. The van der Waals surface area contributed by atoms with Crippen molar-refractivity contribution in [3.05, 3.63) is 76.1 Å². The quantitative estimate of drug-likeness (QED) is 0.741. The maximum Gasteiger partial charge on any atom is 0.258 e. The number of carbonyl (C=O) groups is 1. The van der Waals surface area contributed by atoms with Gasteiger partial charge < -0.3 is 9.88 Å². The zero-order valence-corrected chi connectivity index (χ0v) is 14.5. The van der Waals surface area contributed by atoms with Gasteiger partial charge in [0.1, 0.15) is 11.6 Å². The van der Waals surface area contributed by atoms with E-state index in [1.807, 2.05) is 13.0 Å². The number of fused-ring (bicyclic) bond motifs is 1. The summed E-state index contributed by atoms with van der Waals surface area (Å²) in [7, 11) is 0. The van der Waals surface area contributed by atoms with Crippen LogP contribution in [-0.4, -0.2) is 27.3 Å². The fraction of sp³-hybridized carbons (Fsp3) is 0.250. The number of halogens is 1. The van der Waals surface area contributed by atoms with Gasteiger partial charge in [-0.15, -0.1) is 0 Å². The predicted octanol–water partition coefficient (Wildman–Crippen LogP) is 3.04. The van der Waals surface area contributed by atoms with Crippen molar-refractivity contribution < 1.29 is 9.18 Å². The molecule has 1 heterocycles. The van der Waals surface area contributed by atoms with E-state index in [0.29, 0.717) is 29.7 Å². The van der Waals surface area contributed by atoms with E-state index in [0.717, 1.165) is 5.56 Å². The van der Waals surface area contributed by atoms with Crippen LogP contribution in [0.2, 0.25) is 0 Å². The first kappa shape index (κ1) is 17.8. The van der Waals surface area contributed by atoms with Crippen molar-refractivity contribution in [1.29, 1.82) is 0 Å². The summed E-state index contributed by atoms with van der Waals surface area (Å²) >= 11 is 0. The van der Waals surface area contributed by atoms with Crippen LogP contribution in [0.4, 0.5) is 4.39 Å². The second-order valence-electron chi connectivity index (χ2n) is 6.07. The number of nitrogens with zero attached hydrogens (tertiary/aromatic N) is 2. The number of amides is 1. The molecular weight excluding hydrogens is 333 g/mol. The monoisotopic (exact) mass is 353 g/mol. The predicted molar refractivity (Wildman–Crippen MR) is 98.2 cm³/mol. The van der Waals surface area contributed by atoms with Gasteiger partial charge in [0.05, 0.1) is 17.4 Å². The summed E-state index contributed by atoms with van der Waals surface area (Å²) in [4.78, 5) is 33.5. The highest BCUT2D eigenvalue weighted by Gasteiger charge is 2.14. The van der Waals surface area contributed by atoms with Gasteiger partial charge in [-0.25, -0.2) is 9.37 Å². The Balaban J connectivity index is 1.70. The van der Waals surface area contributed by atoms with Crippen molar-refractivity contribution in [2.45, 2.75) is 26.3 Å². The van der Waals surface area contributed by atoms with Gasteiger partial charge in [0.2, 0.25) is 5.91 Å². The molecule has 0 aliphatic rings. The summed E-state index contributed by atoms with van der Waals surface area (Å²) in [5, 5.41) is 0.525. The molecule has 1 aromatic heterocycles. The van der Waals surface area contributed by atoms with E-state index in [4.69, 9.17) is 0 Å². The molecule has 5 nitrogen and oxygen atoms in total. The summed E-state index contributed by atoms with van der Waals surface area (Å²) in [5.41, 5.74) is 1.18. The summed E-state index contributed by atoms with van der Waals surface area (Å²) in [6.07, 6.45) is 0.740. The molecule has 0 atom stereocenters. The SMILES string of the molecule is CCN(Cc1nc2ccccc2c(=O)[nH]1)C(=O)CCc1cccc(F)c1. The van der Waals surface area contributed by atoms with Gasteiger partial charge in [0.25, 0.3) is 5.56 Å². The normalized spacial score (nSPS) is 10.8. The van der Waals surface area contributed by atoms with E-state index in [1.54, 1.807) is 35.2 Å². The minimum absolute atomic E-state index is 0.0624. The third kappa shape index (κ3) is 4.14. The topological polar surface area (TPSA) is 66.1 Å². The van der Waals surface area contributed by atoms with Gasteiger partial charge in [0, 0.05) is 13.0 Å². The number of aryl methyl sites for hydroxylation is 1. The number of aromatic nitrogens is 2. The Bertz CT molecular complexity index is 984. The second kappa shape index (κ2) is 7.91. The smallest absolute Gasteiger partial charge is 0.258 e. The molecule has 0 aliphatic heterocycles. The number of hydrogen-bond acceptors (Lipinski definition) is 3. The number of aromatic amines is 1. The van der Waals surface area contributed by atoms with E-state index >= 15 is 0 Å². The van der Waals surface area contributed by atoms with Crippen LogP contribution in [0.15, 0.2) is 53.3 Å². The van der Waals surface area contributed by atoms with Crippen LogP contribution in [0.3, 0.4) is 0 Å². The number of benzene rings is 2. The lowest BCUT2D eigenvalue weighted by molar-refractivity contribution is -0.131. The van der Waals surface area contributed by atoms with E-state index in [2.05, 4.69) is 9.97 Å². The molecule has 0 unspecified atom stereocenters. The molecule has 0 aliphatic carbocycles. The molecule has 2 aromatic carbocycles. The zero-order valence-electron chi connectivity index (χ0n) is 14.5. The number of H-pyrrole nitrogens is 1. The maximum absolute atomic E-state index is 13.2. The molecule has 3 rings (SSSR count). The lowest BCUT2D eigenvalue weighted by Gasteiger charge is -2.20. The molecule has 6 heteroatoms. The third-order valence-corrected chi connectivity index (χ3v) is 4.25. The number of nitrogens with one attached hydrogen (secondary N) is 1. The van der Waals surface area contributed by atoms with Gasteiger partial charge in [-0.05, 0) is 43.2 Å². The van der Waals surface area contributed by atoms with Gasteiger partial charge in [-0.1, -0.05) is 24.3 Å². The van der Waals surface area contributed by atoms with Crippen LogP contribution in [0.25, 0.3) is 10.9 Å². The fourth-order valence-corrected chi connectivity index (χ4v) is 2.87. The molecule has 1 amide bonds. The molecule has 134 valence electrons. The summed E-state index contributed by atoms with van der Waals surface area (Å²) in [6, 6.07) is 13.3. The molecule has 0 bridgehead atoms. The molecule has 3 aromatic rings. The van der Waals surface area contributed by atoms with Gasteiger partial charge in [0.15, 0.2) is 0 Å². The van der Waals surface area contributed by atoms with E-state index in [-0.39, 0.29) is 30.2 Å². The Morgan fingerprint density at radius 2 is 2.00 bits per heavy atom. The highest BCUT2D eigenvalue weighted by molar-refractivity contribution is 5.78. The van der Waals surface area contributed by atoms with E-state index in [9.17, 15) is 14.0 Å². The van der Waals surface area contributed by atoms with Gasteiger partial charge >= 0.3 is 0 Å². The molecule has 0 saturated heterocycles. The highest BCUT2D eigenvalue weighted by Crippen LogP contribution is 2.10. The lowest BCUT2D eigenvalue weighted by atomic mass is 10.1. The number of carbonyl (C=O) groups excluding carboxylic acids is 1. The average molecular weight is 353 g/mol. The molecule has 26 heavy (non-hydrogen) atoms. The Morgan fingerprint density at radius 3 is 2.77 bits per heavy atom. The molecule has 1 N–H and O–H groups in total. The van der Waals surface area contributed by atoms with Crippen LogP contribution >= 0.6 is 0 Å². The van der Waals surface area contributed by atoms with Gasteiger partial charge in [-0.3, -0.25) is 9.59 Å². The minimum atomic E-state index is -0.305. The maximum atomic E-state index is 13.2. The lowest BCUT2D eigenvalue weighted by Crippen LogP contribution is -2.32. The fourth-order valence-electron chi connectivity index (χ4n) is 2.87. The zero-order chi connectivity index (χ0) is 18.5. The Kier molecular flexibility index (Phi) is 5.41. The van der Waals surface area contributed by atoms with Gasteiger partial charge in [-0.2, -0.15) is 0 Å². The molecule has 0 spiro atoms. The first-order valence-electron chi connectivity index (χ1n) is 8.57. The number of rotatable bonds is 6. The van der Waals surface area contributed by atoms with Crippen LogP contribution in [0.1, 0.15) is 24.7 Å². The minimum Gasteiger partial charge on any atom is -0.335 e. The van der Waals surface area contributed by atoms with Crippen molar-refractivity contribution in [1.82, 2.24) is 14.9 Å². The van der Waals surface area contributed by atoms with Crippen molar-refractivity contribution in [3.8, 4) is 0 Å². The van der Waals surface area contributed by atoms with Crippen LogP contribution in [-0.2, 0) is 17.8 Å². The summed E-state index contributed by atoms with van der Waals surface area (Å²) in [6.45, 7) is 2.61. The first-order chi connectivity index (χ1) is 12.6. The van der Waals surface area contributed by atoms with Crippen LogP contribution in [0, 0.1) is 5.82 Å². The van der Waals surface area contributed by atoms with Crippen molar-refractivity contribution in [3.63, 3.8) is 0 Å². The summed E-state index contributed by atoms with van der Waals surface area (Å²) in [5.74, 6) is 0.0856. The standard InChI is InChI=1S/C20H20FN3O2/c1-2-24(19(25)11-10-14-6-5-7-15(21)12-14)13-18-22-17-9-4-3-8-16(17)20(26)23-18/h3-9,12H,2,10-11,13H2,1H3,(H,22,23,26). The number of para-hydroxylation sites is 1. The largest absolute Gasteiger partial charge is 0.335 e. The number of hydrogen-bond donors (Lipinski definition) is 1. The Labute approximate surface area is 150 Å². The van der Waals surface area contributed by atoms with Crippen molar-refractivity contribution in [2.24, 2.45) is 0 Å². The van der Waals surface area contributed by atoms with Crippen LogP contribution in [0.5, 0.6) is 0 Å². The average Bonchev–Trinajstić information content (AvgIpc) is 2.64. The molecule has 0 radical (unpaired) electrons. The third-order valence-electron chi connectivity index (χ3n) is 4.25. The molecular formula is C20H20FN3O2. The Morgan fingerprint density at radius 1 is 1.19 bits per heavy atom. The van der Waals surface area contributed by atoms with Crippen molar-refractivity contribution >= 4 is 16.8 Å². The van der Waals surface area contributed by atoms with Crippen molar-refractivity contribution in [2.75, 3.05) is 6.54 Å². The van der Waals surface area contributed by atoms with E-state index < -0.39 is 0 Å². The highest BCUT2D eigenvalue weighted by atomic mass is 19.1. The molecule has 0 saturated carbocycles. The Hall–Kier alpha value is -3.02.